The Hall–Kier alpha value is -2.31. The number of nitrogens with two attached hydrogens (primary N) is 1. The molecule has 0 aliphatic rings. The molecule has 0 atom stereocenters. The number of rotatable bonds is 6. The van der Waals surface area contributed by atoms with Gasteiger partial charge in [-0.15, -0.1) is 0 Å². The minimum atomic E-state index is -0.377. The third kappa shape index (κ3) is 5.12. The lowest BCUT2D eigenvalue weighted by Gasteiger charge is -2.11. The van der Waals surface area contributed by atoms with Gasteiger partial charge in [0.15, 0.2) is 11.5 Å². The minimum Gasteiger partial charge on any atom is -0.493 e. The van der Waals surface area contributed by atoms with Crippen LogP contribution >= 0.6 is 15.9 Å². The molecule has 0 radical (unpaired) electrons. The summed E-state index contributed by atoms with van der Waals surface area (Å²) in [5.41, 5.74) is 3.88. The quantitative estimate of drug-likeness (QED) is 0.351. The number of halogens is 1. The SMILES string of the molecule is COc1ccc(/C=C/C(=O)NN)cc1OCc1ccc(Br)cc1. The number of hydrogen-bond donors (Lipinski definition) is 2. The standard InChI is InChI=1S/C17H17BrN2O3/c1-22-15-8-4-12(5-9-17(21)20-19)10-16(15)23-11-13-2-6-14(18)7-3-13/h2-10H,11,19H2,1H3,(H,20,21)/b9-5+. The van der Waals surface area contributed by atoms with E-state index >= 15 is 0 Å². The number of ether oxygens (including phenoxy) is 2. The molecule has 0 aliphatic carbocycles. The second-order valence-corrected chi connectivity index (χ2v) is 5.58. The van der Waals surface area contributed by atoms with Gasteiger partial charge in [-0.25, -0.2) is 5.84 Å². The zero-order valence-corrected chi connectivity index (χ0v) is 14.2. The molecule has 120 valence electrons. The van der Waals surface area contributed by atoms with E-state index in [1.54, 1.807) is 25.3 Å². The zero-order chi connectivity index (χ0) is 16.7. The van der Waals surface area contributed by atoms with E-state index in [-0.39, 0.29) is 5.91 Å². The number of amides is 1. The topological polar surface area (TPSA) is 73.6 Å². The Labute approximate surface area is 143 Å². The molecule has 0 aliphatic heterocycles. The van der Waals surface area contributed by atoms with Crippen molar-refractivity contribution in [1.29, 1.82) is 0 Å². The van der Waals surface area contributed by atoms with Gasteiger partial charge in [0, 0.05) is 10.5 Å². The first-order valence-electron chi connectivity index (χ1n) is 6.86. The molecule has 0 bridgehead atoms. The molecule has 0 saturated heterocycles. The fraction of sp³-hybridized carbons (Fsp3) is 0.118. The summed E-state index contributed by atoms with van der Waals surface area (Å²) in [6.45, 7) is 0.417. The molecule has 1 amide bonds. The van der Waals surface area contributed by atoms with Crippen molar-refractivity contribution in [3.05, 3.63) is 64.1 Å². The zero-order valence-electron chi connectivity index (χ0n) is 12.6. The highest BCUT2D eigenvalue weighted by atomic mass is 79.9. The summed E-state index contributed by atoms with van der Waals surface area (Å²) < 4.78 is 12.1. The molecule has 23 heavy (non-hydrogen) atoms. The van der Waals surface area contributed by atoms with Crippen LogP contribution in [0.1, 0.15) is 11.1 Å². The van der Waals surface area contributed by atoms with Crippen molar-refractivity contribution < 1.29 is 14.3 Å². The van der Waals surface area contributed by atoms with Crippen LogP contribution in [0.5, 0.6) is 11.5 Å². The predicted octanol–water partition coefficient (Wildman–Crippen LogP) is 3.04. The van der Waals surface area contributed by atoms with Crippen molar-refractivity contribution in [2.24, 2.45) is 5.84 Å². The van der Waals surface area contributed by atoms with Crippen molar-refractivity contribution >= 4 is 27.9 Å². The Morgan fingerprint density at radius 1 is 1.22 bits per heavy atom. The molecule has 0 heterocycles. The van der Waals surface area contributed by atoms with Gasteiger partial charge >= 0.3 is 0 Å². The van der Waals surface area contributed by atoms with Crippen LogP contribution in [0.2, 0.25) is 0 Å². The summed E-state index contributed by atoms with van der Waals surface area (Å²) in [5.74, 6) is 5.89. The fourth-order valence-electron chi connectivity index (χ4n) is 1.87. The summed E-state index contributed by atoms with van der Waals surface area (Å²) in [4.78, 5) is 11.1. The Morgan fingerprint density at radius 3 is 2.61 bits per heavy atom. The number of nitrogens with one attached hydrogen (secondary N) is 1. The van der Waals surface area contributed by atoms with Crippen molar-refractivity contribution in [2.45, 2.75) is 6.61 Å². The number of hydrogen-bond acceptors (Lipinski definition) is 4. The van der Waals surface area contributed by atoms with Crippen molar-refractivity contribution in [3.8, 4) is 11.5 Å². The molecule has 2 rings (SSSR count). The van der Waals surface area contributed by atoms with Crippen molar-refractivity contribution in [3.63, 3.8) is 0 Å². The second kappa shape index (κ2) is 8.36. The first-order valence-corrected chi connectivity index (χ1v) is 7.65. The van der Waals surface area contributed by atoms with E-state index in [1.807, 2.05) is 35.8 Å². The molecule has 2 aromatic rings. The summed E-state index contributed by atoms with van der Waals surface area (Å²) >= 11 is 3.40. The van der Waals surface area contributed by atoms with E-state index < -0.39 is 0 Å². The summed E-state index contributed by atoms with van der Waals surface area (Å²) in [6.07, 6.45) is 2.99. The number of benzene rings is 2. The highest BCUT2D eigenvalue weighted by molar-refractivity contribution is 9.10. The Bertz CT molecular complexity index is 699. The number of carbonyl (C=O) groups is 1. The molecule has 0 saturated carbocycles. The summed E-state index contributed by atoms with van der Waals surface area (Å²) in [6, 6.07) is 13.3. The molecule has 5 nitrogen and oxygen atoms in total. The maximum atomic E-state index is 11.1. The molecule has 3 N–H and O–H groups in total. The van der Waals surface area contributed by atoms with Gasteiger partial charge in [0.05, 0.1) is 7.11 Å². The largest absolute Gasteiger partial charge is 0.493 e. The third-order valence-electron chi connectivity index (χ3n) is 3.06. The van der Waals surface area contributed by atoms with Gasteiger partial charge in [-0.2, -0.15) is 0 Å². The van der Waals surface area contributed by atoms with Crippen LogP contribution in [0.25, 0.3) is 6.08 Å². The first-order chi connectivity index (χ1) is 11.1. The molecule has 2 aromatic carbocycles. The van der Waals surface area contributed by atoms with Gasteiger partial charge in [-0.1, -0.05) is 34.1 Å². The predicted molar refractivity (Wildman–Crippen MR) is 92.8 cm³/mol. The van der Waals surface area contributed by atoms with Gasteiger partial charge in [0.2, 0.25) is 0 Å². The number of hydrazine groups is 1. The molecule has 0 spiro atoms. The normalized spacial score (nSPS) is 10.6. The van der Waals surface area contributed by atoms with E-state index in [0.717, 1.165) is 15.6 Å². The Kier molecular flexibility index (Phi) is 6.19. The smallest absolute Gasteiger partial charge is 0.257 e. The van der Waals surface area contributed by atoms with E-state index in [9.17, 15) is 4.79 Å². The van der Waals surface area contributed by atoms with E-state index in [4.69, 9.17) is 15.3 Å². The lowest BCUT2D eigenvalue weighted by molar-refractivity contribution is -0.116. The fourth-order valence-corrected chi connectivity index (χ4v) is 2.14. The Balaban J connectivity index is 2.13. The lowest BCUT2D eigenvalue weighted by atomic mass is 10.2. The second-order valence-electron chi connectivity index (χ2n) is 4.67. The molecule has 6 heteroatoms. The molecular weight excluding hydrogens is 360 g/mol. The van der Waals surface area contributed by atoms with Crippen LogP contribution in [0.3, 0.4) is 0 Å². The third-order valence-corrected chi connectivity index (χ3v) is 3.59. The van der Waals surface area contributed by atoms with Crippen LogP contribution in [0.4, 0.5) is 0 Å². The lowest BCUT2D eigenvalue weighted by Crippen LogP contribution is -2.27. The summed E-state index contributed by atoms with van der Waals surface area (Å²) in [5, 5.41) is 0. The number of carbonyl (C=O) groups excluding carboxylic acids is 1. The Morgan fingerprint density at radius 2 is 1.96 bits per heavy atom. The molecule has 0 fully saturated rings. The average Bonchev–Trinajstić information content (AvgIpc) is 2.59. The highest BCUT2D eigenvalue weighted by Crippen LogP contribution is 2.29. The van der Waals surface area contributed by atoms with E-state index in [1.165, 1.54) is 6.08 Å². The minimum absolute atomic E-state index is 0.377. The van der Waals surface area contributed by atoms with Crippen LogP contribution in [0.15, 0.2) is 53.0 Å². The van der Waals surface area contributed by atoms with Gasteiger partial charge in [-0.05, 0) is 41.5 Å². The van der Waals surface area contributed by atoms with Crippen molar-refractivity contribution in [2.75, 3.05) is 7.11 Å². The maximum absolute atomic E-state index is 11.1. The van der Waals surface area contributed by atoms with Crippen molar-refractivity contribution in [1.82, 2.24) is 5.43 Å². The maximum Gasteiger partial charge on any atom is 0.257 e. The van der Waals surface area contributed by atoms with Gasteiger partial charge in [0.1, 0.15) is 6.61 Å². The molecule has 0 aromatic heterocycles. The summed E-state index contributed by atoms with van der Waals surface area (Å²) in [7, 11) is 1.58. The van der Waals surface area contributed by atoms with Gasteiger partial charge in [0.25, 0.3) is 5.91 Å². The molecule has 0 unspecified atom stereocenters. The van der Waals surface area contributed by atoms with Crippen LogP contribution in [-0.2, 0) is 11.4 Å². The first kappa shape index (κ1) is 17.1. The van der Waals surface area contributed by atoms with E-state index in [2.05, 4.69) is 15.9 Å². The van der Waals surface area contributed by atoms with Crippen LogP contribution in [-0.4, -0.2) is 13.0 Å². The van der Waals surface area contributed by atoms with Gasteiger partial charge < -0.3 is 9.47 Å². The van der Waals surface area contributed by atoms with E-state index in [0.29, 0.717) is 18.1 Å². The monoisotopic (exact) mass is 376 g/mol. The van der Waals surface area contributed by atoms with Crippen LogP contribution < -0.4 is 20.7 Å². The van der Waals surface area contributed by atoms with Crippen LogP contribution in [0, 0.1) is 0 Å². The average molecular weight is 377 g/mol. The molecular formula is C17H17BrN2O3. The number of methoxy groups -OCH3 is 1. The van der Waals surface area contributed by atoms with Gasteiger partial charge in [-0.3, -0.25) is 10.2 Å². The highest BCUT2D eigenvalue weighted by Gasteiger charge is 2.06.